The van der Waals surface area contributed by atoms with Gasteiger partial charge in [0.15, 0.2) is 0 Å². The molecule has 9 heteroatoms. The van der Waals surface area contributed by atoms with Gasteiger partial charge in [-0.2, -0.15) is 23.4 Å². The van der Waals surface area contributed by atoms with Crippen LogP contribution in [0.25, 0.3) is 0 Å². The minimum atomic E-state index is -4.69. The van der Waals surface area contributed by atoms with Gasteiger partial charge in [-0.3, -0.25) is 9.59 Å². The largest absolute Gasteiger partial charge is 0.416 e. The number of alkyl halides is 3. The molecule has 0 radical (unpaired) electrons. The van der Waals surface area contributed by atoms with E-state index >= 15 is 0 Å². The molecule has 1 aromatic carbocycles. The third kappa shape index (κ3) is 5.81. The van der Waals surface area contributed by atoms with Crippen molar-refractivity contribution in [2.75, 3.05) is 14.1 Å². The molecule has 0 spiro atoms. The Hall–Kier alpha value is -2.89. The monoisotopic (exact) mass is 396 g/mol. The van der Waals surface area contributed by atoms with Crippen molar-refractivity contribution in [2.24, 2.45) is 4.99 Å². The minimum Gasteiger partial charge on any atom is -0.366 e. The quantitative estimate of drug-likeness (QED) is 0.626. The lowest BCUT2D eigenvalue weighted by Crippen LogP contribution is -2.38. The normalized spacial score (nSPS) is 13.5. The third-order valence-electron chi connectivity index (χ3n) is 4.16. The first-order valence-electron chi connectivity index (χ1n) is 8.40. The fourth-order valence-corrected chi connectivity index (χ4v) is 2.05. The Labute approximate surface area is 162 Å². The summed E-state index contributed by atoms with van der Waals surface area (Å²) in [5.74, 6) is -1.08. The molecule has 1 unspecified atom stereocenters. The summed E-state index contributed by atoms with van der Waals surface area (Å²) in [5.41, 5.74) is -2.51. The standard InChI is InChI=1S/C19H23F3N4O2/c1-11(16(27)25-12(2)26(5)6)24-17(28)13-7-14(18(3,4)10-23)9-15(8-13)19(20,21)22/h7-9,11H,1-6H3,(H,24,28). The van der Waals surface area contributed by atoms with Crippen LogP contribution in [-0.2, 0) is 16.4 Å². The van der Waals surface area contributed by atoms with Crippen molar-refractivity contribution >= 4 is 17.6 Å². The second kappa shape index (κ2) is 8.42. The van der Waals surface area contributed by atoms with Crippen LogP contribution in [0.15, 0.2) is 23.2 Å². The number of benzene rings is 1. The number of rotatable bonds is 4. The average molecular weight is 396 g/mol. The lowest BCUT2D eigenvalue weighted by Gasteiger charge is -2.20. The molecular weight excluding hydrogens is 373 g/mol. The zero-order valence-electron chi connectivity index (χ0n) is 16.6. The fourth-order valence-electron chi connectivity index (χ4n) is 2.05. The number of hydrogen-bond donors (Lipinski definition) is 1. The number of carbonyl (C=O) groups excluding carboxylic acids is 2. The van der Waals surface area contributed by atoms with E-state index in [4.69, 9.17) is 0 Å². The molecular formula is C19H23F3N4O2. The molecule has 0 saturated carbocycles. The number of amides is 2. The Balaban J connectivity index is 3.23. The van der Waals surface area contributed by atoms with E-state index in [0.29, 0.717) is 11.9 Å². The second-order valence-electron chi connectivity index (χ2n) is 7.12. The lowest BCUT2D eigenvalue weighted by molar-refractivity contribution is -0.137. The Morgan fingerprint density at radius 2 is 1.71 bits per heavy atom. The number of nitrogens with one attached hydrogen (secondary N) is 1. The van der Waals surface area contributed by atoms with Crippen molar-refractivity contribution in [3.05, 3.63) is 34.9 Å². The highest BCUT2D eigenvalue weighted by molar-refractivity contribution is 6.00. The highest BCUT2D eigenvalue weighted by Gasteiger charge is 2.34. The number of amidine groups is 1. The van der Waals surface area contributed by atoms with E-state index in [1.807, 2.05) is 6.07 Å². The lowest BCUT2D eigenvalue weighted by atomic mass is 9.84. The predicted molar refractivity (Wildman–Crippen MR) is 98.8 cm³/mol. The van der Waals surface area contributed by atoms with E-state index in [1.165, 1.54) is 26.8 Å². The second-order valence-corrected chi connectivity index (χ2v) is 7.12. The summed E-state index contributed by atoms with van der Waals surface area (Å²) in [4.78, 5) is 29.9. The van der Waals surface area contributed by atoms with Crippen molar-refractivity contribution in [1.82, 2.24) is 10.2 Å². The van der Waals surface area contributed by atoms with Gasteiger partial charge in [0.2, 0.25) is 0 Å². The van der Waals surface area contributed by atoms with Gasteiger partial charge >= 0.3 is 6.18 Å². The minimum absolute atomic E-state index is 0.0513. The molecule has 0 bridgehead atoms. The molecule has 1 aromatic rings. The summed E-state index contributed by atoms with van der Waals surface area (Å²) in [7, 11) is 3.38. The zero-order chi connectivity index (χ0) is 21.9. The van der Waals surface area contributed by atoms with Crippen molar-refractivity contribution in [1.29, 1.82) is 5.26 Å². The number of nitriles is 1. The van der Waals surface area contributed by atoms with Gasteiger partial charge in [0.05, 0.1) is 17.0 Å². The summed E-state index contributed by atoms with van der Waals surface area (Å²) in [6.45, 7) is 5.90. The van der Waals surface area contributed by atoms with E-state index in [9.17, 15) is 28.0 Å². The molecule has 1 N–H and O–H groups in total. The van der Waals surface area contributed by atoms with Gasteiger partial charge in [0.1, 0.15) is 11.9 Å². The van der Waals surface area contributed by atoms with Crippen LogP contribution in [0, 0.1) is 11.3 Å². The van der Waals surface area contributed by atoms with Crippen LogP contribution in [0.4, 0.5) is 13.2 Å². The van der Waals surface area contributed by atoms with Crippen LogP contribution in [0.1, 0.15) is 49.2 Å². The van der Waals surface area contributed by atoms with Crippen LogP contribution < -0.4 is 5.32 Å². The van der Waals surface area contributed by atoms with E-state index in [2.05, 4.69) is 10.3 Å². The van der Waals surface area contributed by atoms with Crippen molar-refractivity contribution in [3.63, 3.8) is 0 Å². The predicted octanol–water partition coefficient (Wildman–Crippen LogP) is 3.13. The van der Waals surface area contributed by atoms with E-state index < -0.39 is 35.0 Å². The smallest absolute Gasteiger partial charge is 0.366 e. The van der Waals surface area contributed by atoms with E-state index in [-0.39, 0.29) is 11.1 Å². The number of nitrogens with zero attached hydrogens (tertiary/aromatic N) is 3. The van der Waals surface area contributed by atoms with Crippen LogP contribution in [0.3, 0.4) is 0 Å². The first-order valence-corrected chi connectivity index (χ1v) is 8.40. The average Bonchev–Trinajstić information content (AvgIpc) is 2.60. The molecule has 0 saturated heterocycles. The molecule has 6 nitrogen and oxygen atoms in total. The van der Waals surface area contributed by atoms with Crippen LogP contribution in [0.5, 0.6) is 0 Å². The summed E-state index contributed by atoms with van der Waals surface area (Å²) in [6.07, 6.45) is -4.69. The Morgan fingerprint density at radius 3 is 2.18 bits per heavy atom. The molecule has 0 heterocycles. The molecule has 28 heavy (non-hydrogen) atoms. The number of hydrogen-bond acceptors (Lipinski definition) is 3. The van der Waals surface area contributed by atoms with Crippen LogP contribution in [0.2, 0.25) is 0 Å². The fraction of sp³-hybridized carbons (Fsp3) is 0.474. The van der Waals surface area contributed by atoms with Crippen molar-refractivity contribution < 1.29 is 22.8 Å². The Kier molecular flexibility index (Phi) is 6.96. The molecule has 2 amide bonds. The maximum Gasteiger partial charge on any atom is 0.416 e. The summed E-state index contributed by atoms with van der Waals surface area (Å²) < 4.78 is 39.7. The molecule has 0 fully saturated rings. The topological polar surface area (TPSA) is 85.6 Å². The van der Waals surface area contributed by atoms with Gasteiger partial charge in [-0.15, -0.1) is 0 Å². The molecule has 1 atom stereocenters. The van der Waals surface area contributed by atoms with Crippen molar-refractivity contribution in [3.8, 4) is 6.07 Å². The molecule has 0 aromatic heterocycles. The third-order valence-corrected chi connectivity index (χ3v) is 4.16. The van der Waals surface area contributed by atoms with Gasteiger partial charge in [0.25, 0.3) is 11.8 Å². The summed E-state index contributed by atoms with van der Waals surface area (Å²) in [5, 5.41) is 11.6. The molecule has 152 valence electrons. The van der Waals surface area contributed by atoms with Gasteiger partial charge < -0.3 is 10.2 Å². The first-order chi connectivity index (χ1) is 12.7. The maximum atomic E-state index is 13.2. The zero-order valence-corrected chi connectivity index (χ0v) is 16.6. The van der Waals surface area contributed by atoms with Crippen LogP contribution in [-0.4, -0.2) is 42.7 Å². The molecule has 0 aliphatic heterocycles. The Morgan fingerprint density at radius 1 is 1.18 bits per heavy atom. The Bertz CT molecular complexity index is 837. The van der Waals surface area contributed by atoms with E-state index in [0.717, 1.165) is 6.07 Å². The molecule has 0 aliphatic rings. The molecule has 0 aliphatic carbocycles. The van der Waals surface area contributed by atoms with Gasteiger partial charge in [-0.25, -0.2) is 0 Å². The summed E-state index contributed by atoms with van der Waals surface area (Å²) in [6, 6.07) is 3.64. The SMILES string of the molecule is CC(=NC(=O)C(C)NC(=O)c1cc(C(F)(F)F)cc(C(C)(C)C#N)c1)N(C)C. The highest BCUT2D eigenvalue weighted by Crippen LogP contribution is 2.34. The number of carbonyl (C=O) groups is 2. The van der Waals surface area contributed by atoms with Crippen LogP contribution >= 0.6 is 0 Å². The number of halogens is 3. The first kappa shape index (κ1) is 23.1. The van der Waals surface area contributed by atoms with Gasteiger partial charge in [-0.1, -0.05) is 0 Å². The summed E-state index contributed by atoms with van der Waals surface area (Å²) >= 11 is 0. The van der Waals surface area contributed by atoms with Gasteiger partial charge in [0, 0.05) is 19.7 Å². The van der Waals surface area contributed by atoms with E-state index in [1.54, 1.807) is 25.9 Å². The maximum absolute atomic E-state index is 13.2. The highest BCUT2D eigenvalue weighted by atomic mass is 19.4. The molecule has 1 rings (SSSR count). The number of aliphatic imine (C=N–C) groups is 1. The van der Waals surface area contributed by atoms with Crippen molar-refractivity contribution in [2.45, 2.75) is 45.3 Å². The van der Waals surface area contributed by atoms with Gasteiger partial charge in [-0.05, 0) is 51.5 Å².